The molecule has 3 rings (SSSR count). The first-order valence-corrected chi connectivity index (χ1v) is 8.55. The van der Waals surface area contributed by atoms with Crippen molar-refractivity contribution >= 4 is 5.91 Å². The van der Waals surface area contributed by atoms with E-state index in [0.29, 0.717) is 25.7 Å². The van der Waals surface area contributed by atoms with Crippen LogP contribution in [-0.2, 0) is 12.8 Å². The lowest BCUT2D eigenvalue weighted by atomic mass is 9.93. The Hall–Kier alpha value is -2.39. The Kier molecular flexibility index (Phi) is 5.52. The van der Waals surface area contributed by atoms with Gasteiger partial charge in [0.1, 0.15) is 0 Å². The Labute approximate surface area is 153 Å². The molecule has 9 heteroatoms. The van der Waals surface area contributed by atoms with Crippen LogP contribution in [0.5, 0.6) is 0 Å². The highest BCUT2D eigenvalue weighted by Gasteiger charge is 2.31. The average molecular weight is 384 g/mol. The zero-order valence-corrected chi connectivity index (χ0v) is 14.3. The largest absolute Gasteiger partial charge is 0.416 e. The summed E-state index contributed by atoms with van der Waals surface area (Å²) in [4.78, 5) is 12.4. The summed E-state index contributed by atoms with van der Waals surface area (Å²) in [5.41, 5.74) is -0.519. The fourth-order valence-corrected chi connectivity index (χ4v) is 3.15. The van der Waals surface area contributed by atoms with Crippen LogP contribution in [0, 0.1) is 0 Å². The standard InChI is InChI=1S/C18H19F3N2O4/c19-18(20,21)11-3-1-10(2-4-11)16-14(9-24)15(23-27-16)17(26)22-12-5-7-13(25)8-6-12/h1-4,12-13,24-25H,5-9H2,(H,22,26)/t12-,13-. The Morgan fingerprint density at radius 2 is 1.81 bits per heavy atom. The van der Waals surface area contributed by atoms with E-state index in [2.05, 4.69) is 10.5 Å². The van der Waals surface area contributed by atoms with Gasteiger partial charge < -0.3 is 20.1 Å². The van der Waals surface area contributed by atoms with Crippen LogP contribution < -0.4 is 5.32 Å². The van der Waals surface area contributed by atoms with Crippen LogP contribution in [0.15, 0.2) is 28.8 Å². The summed E-state index contributed by atoms with van der Waals surface area (Å²) >= 11 is 0. The monoisotopic (exact) mass is 384 g/mol. The highest BCUT2D eigenvalue weighted by molar-refractivity contribution is 5.95. The van der Waals surface area contributed by atoms with Gasteiger partial charge in [0.2, 0.25) is 0 Å². The summed E-state index contributed by atoms with van der Waals surface area (Å²) < 4.78 is 43.2. The van der Waals surface area contributed by atoms with E-state index in [9.17, 15) is 28.2 Å². The maximum absolute atomic E-state index is 12.7. The molecule has 3 N–H and O–H groups in total. The minimum atomic E-state index is -4.46. The molecule has 1 aliphatic carbocycles. The molecule has 0 spiro atoms. The topological polar surface area (TPSA) is 95.6 Å². The SMILES string of the molecule is O=C(N[C@H]1CC[C@H](O)CC1)c1noc(-c2ccc(C(F)(F)F)cc2)c1CO. The number of aliphatic hydroxyl groups excluding tert-OH is 2. The summed E-state index contributed by atoms with van der Waals surface area (Å²) in [6.07, 6.45) is -2.38. The third-order valence-corrected chi connectivity index (χ3v) is 4.67. The normalized spacial score (nSPS) is 20.5. The number of carbonyl (C=O) groups excluding carboxylic acids is 1. The molecule has 1 aromatic carbocycles. The number of halogens is 3. The summed E-state index contributed by atoms with van der Waals surface area (Å²) in [7, 11) is 0. The number of nitrogens with one attached hydrogen (secondary N) is 1. The number of rotatable bonds is 4. The van der Waals surface area contributed by atoms with E-state index in [1.54, 1.807) is 0 Å². The van der Waals surface area contributed by atoms with Crippen molar-refractivity contribution in [2.75, 3.05) is 0 Å². The molecule has 27 heavy (non-hydrogen) atoms. The zero-order valence-electron chi connectivity index (χ0n) is 14.3. The number of hydrogen-bond acceptors (Lipinski definition) is 5. The van der Waals surface area contributed by atoms with Gasteiger partial charge in [-0.2, -0.15) is 13.2 Å². The van der Waals surface area contributed by atoms with Gasteiger partial charge >= 0.3 is 6.18 Å². The fraction of sp³-hybridized carbons (Fsp3) is 0.444. The van der Waals surface area contributed by atoms with Crippen molar-refractivity contribution in [3.05, 3.63) is 41.1 Å². The smallest absolute Gasteiger partial charge is 0.393 e. The van der Waals surface area contributed by atoms with Crippen molar-refractivity contribution in [3.63, 3.8) is 0 Å². The Balaban J connectivity index is 1.79. The van der Waals surface area contributed by atoms with Gasteiger partial charge in [-0.15, -0.1) is 0 Å². The second kappa shape index (κ2) is 7.69. The first-order chi connectivity index (χ1) is 12.8. The highest BCUT2D eigenvalue weighted by Crippen LogP contribution is 2.32. The molecule has 0 radical (unpaired) electrons. The van der Waals surface area contributed by atoms with Gasteiger partial charge in [0.25, 0.3) is 5.91 Å². The van der Waals surface area contributed by atoms with Gasteiger partial charge in [-0.25, -0.2) is 0 Å². The minimum Gasteiger partial charge on any atom is -0.393 e. The first kappa shape index (κ1) is 19.4. The van der Waals surface area contributed by atoms with Crippen molar-refractivity contribution < 1.29 is 32.7 Å². The van der Waals surface area contributed by atoms with E-state index >= 15 is 0 Å². The van der Waals surface area contributed by atoms with Crippen LogP contribution in [0.25, 0.3) is 11.3 Å². The summed E-state index contributed by atoms with van der Waals surface area (Å²) in [6, 6.07) is 4.08. The van der Waals surface area contributed by atoms with E-state index in [-0.39, 0.29) is 34.7 Å². The summed E-state index contributed by atoms with van der Waals surface area (Å²) in [5.74, 6) is -0.474. The lowest BCUT2D eigenvalue weighted by Crippen LogP contribution is -2.39. The summed E-state index contributed by atoms with van der Waals surface area (Å²) in [5, 5.41) is 25.6. The first-order valence-electron chi connectivity index (χ1n) is 8.55. The third-order valence-electron chi connectivity index (χ3n) is 4.67. The van der Waals surface area contributed by atoms with Crippen LogP contribution in [0.3, 0.4) is 0 Å². The molecule has 6 nitrogen and oxygen atoms in total. The molecule has 1 saturated carbocycles. The maximum atomic E-state index is 12.7. The average Bonchev–Trinajstić information content (AvgIpc) is 3.07. The van der Waals surface area contributed by atoms with E-state index in [0.717, 1.165) is 12.1 Å². The van der Waals surface area contributed by atoms with Crippen molar-refractivity contribution in [2.24, 2.45) is 0 Å². The van der Waals surface area contributed by atoms with Gasteiger partial charge in [0, 0.05) is 11.6 Å². The minimum absolute atomic E-state index is 0.0513. The van der Waals surface area contributed by atoms with Crippen LogP contribution in [0.1, 0.15) is 47.3 Å². The zero-order chi connectivity index (χ0) is 19.6. The lowest BCUT2D eigenvalue weighted by Gasteiger charge is -2.25. The fourth-order valence-electron chi connectivity index (χ4n) is 3.15. The number of nitrogens with zero attached hydrogens (tertiary/aromatic N) is 1. The molecular weight excluding hydrogens is 365 g/mol. The number of hydrogen-bond donors (Lipinski definition) is 3. The molecule has 1 aliphatic rings. The Morgan fingerprint density at radius 3 is 2.37 bits per heavy atom. The van der Waals surface area contributed by atoms with Gasteiger partial charge in [-0.05, 0) is 37.8 Å². The van der Waals surface area contributed by atoms with Gasteiger partial charge in [-0.1, -0.05) is 17.3 Å². The predicted octanol–water partition coefficient (Wildman–Crippen LogP) is 2.89. The van der Waals surface area contributed by atoms with Crippen molar-refractivity contribution in [1.29, 1.82) is 0 Å². The van der Waals surface area contributed by atoms with Crippen molar-refractivity contribution in [2.45, 2.75) is 50.6 Å². The second-order valence-electron chi connectivity index (χ2n) is 6.55. The van der Waals surface area contributed by atoms with Crippen LogP contribution in [0.4, 0.5) is 13.2 Å². The van der Waals surface area contributed by atoms with E-state index in [4.69, 9.17) is 4.52 Å². The molecule has 0 atom stereocenters. The van der Waals surface area contributed by atoms with Crippen LogP contribution in [-0.4, -0.2) is 33.4 Å². The molecular formula is C18H19F3N2O4. The molecule has 146 valence electrons. The van der Waals surface area contributed by atoms with Gasteiger partial charge in [0.05, 0.1) is 23.8 Å². The van der Waals surface area contributed by atoms with E-state index in [1.165, 1.54) is 12.1 Å². The molecule has 2 aromatic rings. The number of carbonyl (C=O) groups is 1. The number of aliphatic hydroxyl groups is 2. The summed E-state index contributed by atoms with van der Waals surface area (Å²) in [6.45, 7) is -0.550. The van der Waals surface area contributed by atoms with Crippen LogP contribution >= 0.6 is 0 Å². The molecule has 0 bridgehead atoms. The second-order valence-corrected chi connectivity index (χ2v) is 6.55. The highest BCUT2D eigenvalue weighted by atomic mass is 19.4. The van der Waals surface area contributed by atoms with Crippen molar-refractivity contribution in [3.8, 4) is 11.3 Å². The van der Waals surface area contributed by atoms with Crippen LogP contribution in [0.2, 0.25) is 0 Å². The third kappa shape index (κ3) is 4.30. The number of benzene rings is 1. The maximum Gasteiger partial charge on any atom is 0.416 e. The number of aromatic nitrogens is 1. The number of amides is 1. The Morgan fingerprint density at radius 1 is 1.19 bits per heavy atom. The lowest BCUT2D eigenvalue weighted by molar-refractivity contribution is -0.137. The number of alkyl halides is 3. The van der Waals surface area contributed by atoms with E-state index < -0.39 is 24.3 Å². The predicted molar refractivity (Wildman–Crippen MR) is 88.6 cm³/mol. The van der Waals surface area contributed by atoms with Crippen molar-refractivity contribution in [1.82, 2.24) is 10.5 Å². The molecule has 1 aromatic heterocycles. The molecule has 0 saturated heterocycles. The van der Waals surface area contributed by atoms with Gasteiger partial charge in [-0.3, -0.25) is 4.79 Å². The van der Waals surface area contributed by atoms with Gasteiger partial charge in [0.15, 0.2) is 11.5 Å². The molecule has 1 amide bonds. The molecule has 0 aliphatic heterocycles. The molecule has 1 heterocycles. The van der Waals surface area contributed by atoms with E-state index in [1.807, 2.05) is 0 Å². The molecule has 0 unspecified atom stereocenters. The molecule has 1 fully saturated rings. The Bertz CT molecular complexity index is 794. The quantitative estimate of drug-likeness (QED) is 0.753.